The summed E-state index contributed by atoms with van der Waals surface area (Å²) in [7, 11) is 0. The van der Waals surface area contributed by atoms with E-state index in [0.717, 1.165) is 12.8 Å². The second-order valence-electron chi connectivity index (χ2n) is 6.28. The Balaban J connectivity index is 1.93. The van der Waals surface area contributed by atoms with E-state index in [1.54, 1.807) is 31.2 Å². The average molecular weight is 300 g/mol. The molecule has 2 rings (SSSR count). The van der Waals surface area contributed by atoms with Crippen LogP contribution < -0.4 is 10.1 Å². The van der Waals surface area contributed by atoms with Crippen molar-refractivity contribution in [3.05, 3.63) is 29.8 Å². The maximum absolute atomic E-state index is 12.3. The molecule has 118 valence electrons. The van der Waals surface area contributed by atoms with Gasteiger partial charge in [-0.3, -0.25) is 4.79 Å². The molecule has 0 aromatic heterocycles. The number of carbonyl (C=O) groups excluding carboxylic acids is 1. The molecule has 0 saturated heterocycles. The molecule has 1 aromatic carbocycles. The number of ether oxygens (including phenoxy) is 1. The van der Waals surface area contributed by atoms with Crippen LogP contribution in [0.1, 0.15) is 45.6 Å². The van der Waals surface area contributed by atoms with Crippen molar-refractivity contribution in [2.45, 2.75) is 52.2 Å². The van der Waals surface area contributed by atoms with Gasteiger partial charge >= 0.3 is 0 Å². The smallest absolute Gasteiger partial charge is 0.261 e. The second-order valence-corrected chi connectivity index (χ2v) is 6.28. The van der Waals surface area contributed by atoms with Crippen LogP contribution in [-0.4, -0.2) is 18.1 Å². The van der Waals surface area contributed by atoms with E-state index in [0.29, 0.717) is 23.1 Å². The van der Waals surface area contributed by atoms with Crippen LogP contribution in [0.15, 0.2) is 24.3 Å². The molecule has 0 heterocycles. The third kappa shape index (κ3) is 4.00. The number of nitrogens with one attached hydrogen (secondary N) is 1. The molecule has 1 amide bonds. The van der Waals surface area contributed by atoms with Crippen LogP contribution in [0.2, 0.25) is 0 Å². The normalized spacial score (nSPS) is 25.8. The predicted molar refractivity (Wildman–Crippen MR) is 85.4 cm³/mol. The molecule has 0 aliphatic heterocycles. The lowest BCUT2D eigenvalue weighted by molar-refractivity contribution is -0.128. The van der Waals surface area contributed by atoms with E-state index in [9.17, 15) is 4.79 Å². The van der Waals surface area contributed by atoms with E-state index >= 15 is 0 Å². The summed E-state index contributed by atoms with van der Waals surface area (Å²) in [6.45, 7) is 6.19. The fraction of sp³-hybridized carbons (Fsp3) is 0.556. The highest BCUT2D eigenvalue weighted by molar-refractivity contribution is 5.81. The van der Waals surface area contributed by atoms with Crippen LogP contribution in [0, 0.1) is 23.2 Å². The Morgan fingerprint density at radius 2 is 2.18 bits per heavy atom. The van der Waals surface area contributed by atoms with Crippen LogP contribution in [0.25, 0.3) is 0 Å². The summed E-state index contributed by atoms with van der Waals surface area (Å²) in [5.74, 6) is 1.59. The highest BCUT2D eigenvalue weighted by Gasteiger charge is 2.29. The predicted octanol–water partition coefficient (Wildman–Crippen LogP) is 3.27. The van der Waals surface area contributed by atoms with Gasteiger partial charge in [0.15, 0.2) is 6.10 Å². The van der Waals surface area contributed by atoms with E-state index in [4.69, 9.17) is 10.00 Å². The quantitative estimate of drug-likeness (QED) is 0.928. The highest BCUT2D eigenvalue weighted by atomic mass is 16.5. The average Bonchev–Trinajstić information content (AvgIpc) is 2.52. The van der Waals surface area contributed by atoms with Crippen LogP contribution >= 0.6 is 0 Å². The molecule has 4 atom stereocenters. The van der Waals surface area contributed by atoms with Crippen molar-refractivity contribution in [3.8, 4) is 11.8 Å². The fourth-order valence-corrected chi connectivity index (χ4v) is 2.98. The van der Waals surface area contributed by atoms with Gasteiger partial charge in [0.05, 0.1) is 11.6 Å². The van der Waals surface area contributed by atoms with Crippen LogP contribution in [0.4, 0.5) is 0 Å². The number of rotatable bonds is 4. The molecule has 1 aliphatic rings. The third-order valence-corrected chi connectivity index (χ3v) is 4.68. The topological polar surface area (TPSA) is 62.1 Å². The van der Waals surface area contributed by atoms with E-state index in [1.165, 1.54) is 6.42 Å². The van der Waals surface area contributed by atoms with Crippen LogP contribution in [0.5, 0.6) is 5.75 Å². The zero-order chi connectivity index (χ0) is 16.1. The standard InChI is InChI=1S/C18H24N2O2/c1-12-6-4-9-17(13(12)2)20-18(21)14(3)22-16-8-5-7-15(10-16)11-19/h5,7-8,10,12-14,17H,4,6,9H2,1-3H3,(H,20,21)/t12-,13+,14+,17-/m1/s1. The minimum atomic E-state index is -0.571. The largest absolute Gasteiger partial charge is 0.481 e. The molecule has 0 radical (unpaired) electrons. The number of amides is 1. The van der Waals surface area contributed by atoms with E-state index in [2.05, 4.69) is 25.2 Å². The summed E-state index contributed by atoms with van der Waals surface area (Å²) in [6.07, 6.45) is 2.86. The molecule has 0 bridgehead atoms. The molecule has 4 nitrogen and oxygen atoms in total. The van der Waals surface area contributed by atoms with Crippen LogP contribution in [-0.2, 0) is 4.79 Å². The first-order chi connectivity index (χ1) is 10.5. The summed E-state index contributed by atoms with van der Waals surface area (Å²) in [5, 5.41) is 12.0. The van der Waals surface area contributed by atoms with Crippen molar-refractivity contribution in [3.63, 3.8) is 0 Å². The number of nitriles is 1. The number of hydrogen-bond donors (Lipinski definition) is 1. The molecule has 1 saturated carbocycles. The SMILES string of the molecule is C[C@H]1[C@H](C)CCC[C@H]1NC(=O)[C@H](C)Oc1cccc(C#N)c1. The van der Waals surface area contributed by atoms with Crippen molar-refractivity contribution in [1.29, 1.82) is 5.26 Å². The lowest BCUT2D eigenvalue weighted by atomic mass is 9.78. The summed E-state index contributed by atoms with van der Waals surface area (Å²) < 4.78 is 5.66. The Morgan fingerprint density at radius 3 is 2.91 bits per heavy atom. The first-order valence-electron chi connectivity index (χ1n) is 7.98. The van der Waals surface area contributed by atoms with Crippen molar-refractivity contribution < 1.29 is 9.53 Å². The zero-order valence-electron chi connectivity index (χ0n) is 13.5. The van der Waals surface area contributed by atoms with Gasteiger partial charge in [-0.2, -0.15) is 5.26 Å². The van der Waals surface area contributed by atoms with Crippen LogP contribution in [0.3, 0.4) is 0 Å². The van der Waals surface area contributed by atoms with Gasteiger partial charge in [0.2, 0.25) is 0 Å². The first-order valence-corrected chi connectivity index (χ1v) is 7.98. The van der Waals surface area contributed by atoms with Gasteiger partial charge in [-0.15, -0.1) is 0 Å². The molecular weight excluding hydrogens is 276 g/mol. The molecule has 1 aromatic rings. The Hall–Kier alpha value is -2.02. The molecule has 0 unspecified atom stereocenters. The Kier molecular flexibility index (Phi) is 5.43. The summed E-state index contributed by atoms with van der Waals surface area (Å²) >= 11 is 0. The van der Waals surface area contributed by atoms with E-state index in [-0.39, 0.29) is 11.9 Å². The molecule has 22 heavy (non-hydrogen) atoms. The van der Waals surface area contributed by atoms with Crippen molar-refractivity contribution in [1.82, 2.24) is 5.32 Å². The van der Waals surface area contributed by atoms with Gasteiger partial charge in [0, 0.05) is 6.04 Å². The number of hydrogen-bond acceptors (Lipinski definition) is 3. The van der Waals surface area contributed by atoms with E-state index in [1.807, 2.05) is 0 Å². The minimum Gasteiger partial charge on any atom is -0.481 e. The van der Waals surface area contributed by atoms with Gasteiger partial charge in [-0.1, -0.05) is 32.8 Å². The van der Waals surface area contributed by atoms with Gasteiger partial charge in [-0.05, 0) is 43.4 Å². The van der Waals surface area contributed by atoms with Gasteiger partial charge < -0.3 is 10.1 Å². The zero-order valence-corrected chi connectivity index (χ0v) is 13.5. The minimum absolute atomic E-state index is 0.0895. The van der Waals surface area contributed by atoms with Gasteiger partial charge in [0.25, 0.3) is 5.91 Å². The molecule has 1 fully saturated rings. The molecule has 1 aliphatic carbocycles. The molecule has 4 heteroatoms. The summed E-state index contributed by atoms with van der Waals surface area (Å²) in [4.78, 5) is 12.3. The number of carbonyl (C=O) groups is 1. The van der Waals surface area contributed by atoms with Crippen molar-refractivity contribution >= 4 is 5.91 Å². The Morgan fingerprint density at radius 1 is 1.41 bits per heavy atom. The fourth-order valence-electron chi connectivity index (χ4n) is 2.98. The molecular formula is C18H24N2O2. The lowest BCUT2D eigenvalue weighted by Crippen LogP contribution is -2.48. The van der Waals surface area contributed by atoms with Gasteiger partial charge in [0.1, 0.15) is 5.75 Å². The molecule has 0 spiro atoms. The van der Waals surface area contributed by atoms with Gasteiger partial charge in [-0.25, -0.2) is 0 Å². The summed E-state index contributed by atoms with van der Waals surface area (Å²) in [5.41, 5.74) is 0.528. The summed E-state index contributed by atoms with van der Waals surface area (Å²) in [6, 6.07) is 9.17. The van der Waals surface area contributed by atoms with E-state index < -0.39 is 6.10 Å². The maximum Gasteiger partial charge on any atom is 0.261 e. The Labute approximate surface area is 132 Å². The Bertz CT molecular complexity index is 564. The third-order valence-electron chi connectivity index (χ3n) is 4.68. The second kappa shape index (κ2) is 7.31. The van der Waals surface area contributed by atoms with Crippen molar-refractivity contribution in [2.24, 2.45) is 11.8 Å². The van der Waals surface area contributed by atoms with Crippen molar-refractivity contribution in [2.75, 3.05) is 0 Å². The first kappa shape index (κ1) is 16.4. The monoisotopic (exact) mass is 300 g/mol. The maximum atomic E-state index is 12.3. The number of nitrogens with zero attached hydrogens (tertiary/aromatic N) is 1. The molecule has 1 N–H and O–H groups in total. The highest BCUT2D eigenvalue weighted by Crippen LogP contribution is 2.29. The number of benzene rings is 1. The lowest BCUT2D eigenvalue weighted by Gasteiger charge is -2.35.